The molecule has 0 aliphatic carbocycles. The zero-order valence-electron chi connectivity index (χ0n) is 55.1. The molecule has 0 saturated carbocycles. The number of carbonyl (C=O) groups excluding carboxylic acids is 2. The second kappa shape index (κ2) is 64.7. The molecule has 0 saturated heterocycles. The van der Waals surface area contributed by atoms with Crippen molar-refractivity contribution >= 4 is 17.9 Å². The number of hydrogen-bond donors (Lipinski definition) is 1. The predicted molar refractivity (Wildman–Crippen MR) is 355 cm³/mol. The molecule has 0 amide bonds. The van der Waals surface area contributed by atoms with Crippen LogP contribution in [0.25, 0.3) is 0 Å². The average molecular weight is 1170 g/mol. The molecule has 1 N–H and O–H groups in total. The Kier molecular flexibility index (Phi) is 62.2. The largest absolute Gasteiger partial charge is 0.477 e. The summed E-state index contributed by atoms with van der Waals surface area (Å²) in [4.78, 5) is 37.5. The van der Waals surface area contributed by atoms with E-state index >= 15 is 0 Å². The summed E-state index contributed by atoms with van der Waals surface area (Å²) in [5.41, 5.74) is 0. The van der Waals surface area contributed by atoms with Crippen molar-refractivity contribution in [2.75, 3.05) is 47.5 Å². The SMILES string of the molecule is CCCCC/C=C\C/C=C\C/C=C\CCCCCCCCC(=O)OCC(COC(OCC[N+](C)(C)C)C(=O)O)OC(=O)CCCCCCCCCCCCCCCCCCCCCCCCCC/C=C\C/C=C\C/C=C\CCCCCCC. The average Bonchev–Trinajstić information content (AvgIpc) is 3.46. The molecule has 2 atom stereocenters. The van der Waals surface area contributed by atoms with E-state index in [1.54, 1.807) is 0 Å². The number of rotatable bonds is 65. The Bertz CT molecular complexity index is 1590. The maximum Gasteiger partial charge on any atom is 0.361 e. The molecule has 0 bridgehead atoms. The van der Waals surface area contributed by atoms with Crippen molar-refractivity contribution in [2.24, 2.45) is 0 Å². The highest BCUT2D eigenvalue weighted by Crippen LogP contribution is 2.18. The van der Waals surface area contributed by atoms with Gasteiger partial charge in [0.2, 0.25) is 0 Å². The van der Waals surface area contributed by atoms with Gasteiger partial charge in [-0.15, -0.1) is 0 Å². The minimum atomic E-state index is -1.51. The van der Waals surface area contributed by atoms with Crippen molar-refractivity contribution in [3.8, 4) is 0 Å². The van der Waals surface area contributed by atoms with Gasteiger partial charge in [-0.3, -0.25) is 9.59 Å². The van der Waals surface area contributed by atoms with Crippen LogP contribution in [-0.4, -0.2) is 87.4 Å². The Morgan fingerprint density at radius 2 is 0.651 bits per heavy atom. The quantitative estimate of drug-likeness (QED) is 0.0211. The molecular weight excluding hydrogens is 1030 g/mol. The molecule has 0 aromatic rings. The van der Waals surface area contributed by atoms with Crippen LogP contribution in [-0.2, 0) is 33.3 Å². The van der Waals surface area contributed by atoms with Gasteiger partial charge in [0.1, 0.15) is 13.2 Å². The van der Waals surface area contributed by atoms with Crippen LogP contribution in [0.1, 0.15) is 322 Å². The molecule has 0 radical (unpaired) electrons. The Morgan fingerprint density at radius 3 is 0.988 bits per heavy atom. The highest BCUT2D eigenvalue weighted by Gasteiger charge is 2.25. The number of nitrogens with zero attached hydrogens (tertiary/aromatic N) is 1. The van der Waals surface area contributed by atoms with Crippen LogP contribution in [0.2, 0.25) is 0 Å². The summed E-state index contributed by atoms with van der Waals surface area (Å²) in [6.45, 7) is 4.85. The van der Waals surface area contributed by atoms with Crippen LogP contribution in [0, 0.1) is 0 Å². The Balaban J connectivity index is 4.01. The van der Waals surface area contributed by atoms with E-state index in [-0.39, 0.29) is 38.6 Å². The first-order valence-electron chi connectivity index (χ1n) is 35.1. The van der Waals surface area contributed by atoms with Crippen molar-refractivity contribution in [2.45, 2.75) is 334 Å². The number of aliphatic carboxylic acids is 1. The zero-order chi connectivity index (χ0) is 60.5. The standard InChI is InChI=1S/C74H133NO8/c1-6-8-10-12-14-16-18-20-22-24-26-27-28-29-30-31-32-33-34-35-36-37-38-39-40-41-42-43-44-45-47-49-51-53-55-57-59-61-63-65-72(77)83-70(69-82-74(73(78)79)80-67-66-75(3,4)5)68-81-71(76)64-62-60-58-56-54-52-50-48-46-25-23-21-19-17-15-13-11-9-7-2/h15,17-18,20-21,23-24,26,28-29,46,48,70,74H,6-14,16,19,22,25,27,30-45,47,49-69H2,1-5H3/p+1/b17-15-,20-18-,23-21-,26-24-,29-28-,48-46-. The van der Waals surface area contributed by atoms with E-state index in [1.807, 2.05) is 21.1 Å². The molecule has 0 aliphatic rings. The van der Waals surface area contributed by atoms with Gasteiger partial charge >= 0.3 is 17.9 Å². The van der Waals surface area contributed by atoms with Crippen molar-refractivity contribution in [1.29, 1.82) is 0 Å². The van der Waals surface area contributed by atoms with Gasteiger partial charge in [0.05, 0.1) is 34.4 Å². The van der Waals surface area contributed by atoms with Crippen LogP contribution >= 0.6 is 0 Å². The highest BCUT2D eigenvalue weighted by atomic mass is 16.7. The fourth-order valence-corrected chi connectivity index (χ4v) is 10.0. The fourth-order valence-electron chi connectivity index (χ4n) is 10.0. The number of quaternary nitrogens is 1. The van der Waals surface area contributed by atoms with Gasteiger partial charge < -0.3 is 28.5 Å². The van der Waals surface area contributed by atoms with Gasteiger partial charge in [0.15, 0.2) is 6.10 Å². The maximum absolute atomic E-state index is 12.9. The maximum atomic E-state index is 12.9. The van der Waals surface area contributed by atoms with Gasteiger partial charge in [-0.1, -0.05) is 292 Å². The molecule has 2 unspecified atom stereocenters. The summed E-state index contributed by atoms with van der Waals surface area (Å²) in [5, 5.41) is 9.73. The molecule has 0 heterocycles. The molecule has 9 heteroatoms. The Labute approximate surface area is 513 Å². The van der Waals surface area contributed by atoms with Gasteiger partial charge in [-0.25, -0.2) is 4.79 Å². The monoisotopic (exact) mass is 1170 g/mol. The van der Waals surface area contributed by atoms with Crippen LogP contribution in [0.3, 0.4) is 0 Å². The second-order valence-electron chi connectivity index (χ2n) is 24.8. The Morgan fingerprint density at radius 1 is 0.361 bits per heavy atom. The molecule has 0 fully saturated rings. The summed E-state index contributed by atoms with van der Waals surface area (Å²) in [6.07, 6.45) is 83.1. The number of carboxylic acids is 1. The summed E-state index contributed by atoms with van der Waals surface area (Å²) in [5.74, 6) is -2.01. The summed E-state index contributed by atoms with van der Waals surface area (Å²) in [6, 6.07) is 0. The van der Waals surface area contributed by atoms with Crippen molar-refractivity contribution in [1.82, 2.24) is 0 Å². The number of carboxylic acid groups (broad SMARTS) is 1. The van der Waals surface area contributed by atoms with Gasteiger partial charge in [0, 0.05) is 12.8 Å². The number of esters is 2. The van der Waals surface area contributed by atoms with Gasteiger partial charge in [-0.2, -0.15) is 0 Å². The second-order valence-corrected chi connectivity index (χ2v) is 24.8. The summed E-state index contributed by atoms with van der Waals surface area (Å²) in [7, 11) is 5.98. The first kappa shape index (κ1) is 79.7. The molecule has 0 rings (SSSR count). The lowest BCUT2D eigenvalue weighted by molar-refractivity contribution is -0.870. The first-order chi connectivity index (χ1) is 40.6. The summed E-state index contributed by atoms with van der Waals surface area (Å²) < 4.78 is 22.9. The topological polar surface area (TPSA) is 108 Å². The predicted octanol–water partition coefficient (Wildman–Crippen LogP) is 21.7. The highest BCUT2D eigenvalue weighted by molar-refractivity contribution is 5.71. The van der Waals surface area contributed by atoms with Gasteiger partial charge in [-0.05, 0) is 89.9 Å². The number of likely N-dealkylation sites (N-methyl/N-ethyl adjacent to an activating group) is 1. The van der Waals surface area contributed by atoms with Crippen LogP contribution in [0.15, 0.2) is 72.9 Å². The first-order valence-corrected chi connectivity index (χ1v) is 35.1. The number of allylic oxidation sites excluding steroid dienone is 12. The molecule has 482 valence electrons. The third-order valence-electron chi connectivity index (χ3n) is 15.4. The zero-order valence-corrected chi connectivity index (χ0v) is 55.1. The van der Waals surface area contributed by atoms with E-state index in [0.29, 0.717) is 11.0 Å². The Hall–Kier alpha value is -3.27. The van der Waals surface area contributed by atoms with Crippen molar-refractivity contribution in [3.63, 3.8) is 0 Å². The van der Waals surface area contributed by atoms with Crippen molar-refractivity contribution in [3.05, 3.63) is 72.9 Å². The molecule has 0 aromatic carbocycles. The molecular formula is C74H134NO8+. The number of unbranched alkanes of at least 4 members (excludes halogenated alkanes) is 38. The summed E-state index contributed by atoms with van der Waals surface area (Å²) >= 11 is 0. The smallest absolute Gasteiger partial charge is 0.361 e. The van der Waals surface area contributed by atoms with E-state index in [9.17, 15) is 19.5 Å². The third-order valence-corrected chi connectivity index (χ3v) is 15.4. The number of ether oxygens (including phenoxy) is 4. The normalized spacial score (nSPS) is 13.1. The van der Waals surface area contributed by atoms with E-state index in [1.165, 1.54) is 218 Å². The van der Waals surface area contributed by atoms with E-state index in [4.69, 9.17) is 18.9 Å². The molecule has 0 aliphatic heterocycles. The lowest BCUT2D eigenvalue weighted by Gasteiger charge is -2.25. The van der Waals surface area contributed by atoms with Crippen LogP contribution < -0.4 is 0 Å². The van der Waals surface area contributed by atoms with E-state index in [2.05, 4.69) is 86.8 Å². The lowest BCUT2D eigenvalue weighted by atomic mass is 10.0. The van der Waals surface area contributed by atoms with Gasteiger partial charge in [0.25, 0.3) is 6.29 Å². The molecule has 0 spiro atoms. The lowest BCUT2D eigenvalue weighted by Crippen LogP contribution is -2.40. The third kappa shape index (κ3) is 66.1. The number of hydrogen-bond acceptors (Lipinski definition) is 7. The fraction of sp³-hybridized carbons (Fsp3) is 0.797. The minimum absolute atomic E-state index is 0.185. The molecule has 83 heavy (non-hydrogen) atoms. The molecule has 9 nitrogen and oxygen atoms in total. The van der Waals surface area contributed by atoms with E-state index < -0.39 is 24.3 Å². The van der Waals surface area contributed by atoms with E-state index in [0.717, 1.165) is 77.0 Å². The van der Waals surface area contributed by atoms with Crippen LogP contribution in [0.5, 0.6) is 0 Å². The number of carbonyl (C=O) groups is 3. The minimum Gasteiger partial charge on any atom is -0.477 e. The van der Waals surface area contributed by atoms with Crippen LogP contribution in [0.4, 0.5) is 0 Å². The molecule has 0 aromatic heterocycles. The van der Waals surface area contributed by atoms with Crippen molar-refractivity contribution < 1.29 is 42.9 Å².